The van der Waals surface area contributed by atoms with Crippen LogP contribution in [-0.2, 0) is 0 Å². The van der Waals surface area contributed by atoms with Crippen molar-refractivity contribution < 1.29 is 9.47 Å². The summed E-state index contributed by atoms with van der Waals surface area (Å²) in [5.41, 5.74) is 7.61. The van der Waals surface area contributed by atoms with E-state index in [0.717, 1.165) is 55.6 Å². The van der Waals surface area contributed by atoms with Gasteiger partial charge in [0, 0.05) is 24.5 Å². The van der Waals surface area contributed by atoms with Gasteiger partial charge in [0.05, 0.1) is 18.8 Å². The van der Waals surface area contributed by atoms with Crippen molar-refractivity contribution in [3.63, 3.8) is 0 Å². The topological polar surface area (TPSA) is 82.3 Å². The molecule has 2 saturated carbocycles. The Morgan fingerprint density at radius 3 is 2.43 bits per heavy atom. The maximum Gasteiger partial charge on any atom is 0.219 e. The zero-order valence-electron chi connectivity index (χ0n) is 17.6. The smallest absolute Gasteiger partial charge is 0.219 e. The lowest BCUT2D eigenvalue weighted by atomic mass is 9.81. The van der Waals surface area contributed by atoms with Crippen LogP contribution >= 0.6 is 0 Å². The highest BCUT2D eigenvalue weighted by Gasteiger charge is 2.24. The first-order valence-electron chi connectivity index (χ1n) is 10.9. The van der Waals surface area contributed by atoms with E-state index in [9.17, 15) is 0 Å². The number of aromatic nitrogens is 2. The molecule has 0 radical (unpaired) electrons. The van der Waals surface area contributed by atoms with E-state index in [1.807, 2.05) is 0 Å². The van der Waals surface area contributed by atoms with E-state index in [1.165, 1.54) is 18.4 Å². The van der Waals surface area contributed by atoms with E-state index in [0.29, 0.717) is 18.1 Å². The van der Waals surface area contributed by atoms with Gasteiger partial charge in [0.15, 0.2) is 11.5 Å². The van der Waals surface area contributed by atoms with E-state index < -0.39 is 0 Å². The molecule has 0 bridgehead atoms. The molecule has 2 aliphatic carbocycles. The van der Waals surface area contributed by atoms with Gasteiger partial charge in [-0.3, -0.25) is 0 Å². The zero-order chi connectivity index (χ0) is 20.8. The quantitative estimate of drug-likeness (QED) is 0.577. The lowest BCUT2D eigenvalue weighted by Gasteiger charge is -2.29. The highest BCUT2D eigenvalue weighted by Crippen LogP contribution is 2.38. The molecular formula is C24H30N4O2. The normalized spacial score (nSPS) is 21.5. The van der Waals surface area contributed by atoms with Gasteiger partial charge in [0.2, 0.25) is 5.95 Å². The van der Waals surface area contributed by atoms with Gasteiger partial charge in [-0.05, 0) is 80.9 Å². The Balaban J connectivity index is 1.32. The summed E-state index contributed by atoms with van der Waals surface area (Å²) in [5.74, 6) is 5.60. The van der Waals surface area contributed by atoms with Gasteiger partial charge in [0.25, 0.3) is 0 Å². The summed E-state index contributed by atoms with van der Waals surface area (Å²) >= 11 is 0. The zero-order valence-corrected chi connectivity index (χ0v) is 17.6. The van der Waals surface area contributed by atoms with Crippen LogP contribution in [0, 0.1) is 12.0 Å². The number of ether oxygens (including phenoxy) is 2. The number of methoxy groups -OCH3 is 1. The number of nitrogens with zero attached hydrogens (tertiary/aromatic N) is 2. The van der Waals surface area contributed by atoms with E-state index in [1.54, 1.807) is 19.5 Å². The van der Waals surface area contributed by atoms with Crippen LogP contribution in [-0.4, -0.2) is 29.2 Å². The Bertz CT molecular complexity index is 890. The van der Waals surface area contributed by atoms with Crippen LogP contribution in [0.1, 0.15) is 68.4 Å². The lowest BCUT2D eigenvalue weighted by molar-refractivity contribution is 0.200. The molecule has 6 nitrogen and oxygen atoms in total. The second kappa shape index (κ2) is 9.71. The molecule has 1 heterocycles. The molecule has 1 aromatic carbocycles. The predicted molar refractivity (Wildman–Crippen MR) is 117 cm³/mol. The second-order valence-electron chi connectivity index (χ2n) is 8.21. The number of hydrogen-bond donors (Lipinski definition) is 2. The highest BCUT2D eigenvalue weighted by atomic mass is 16.5. The fraction of sp³-hybridized carbons (Fsp3) is 0.500. The molecule has 0 aliphatic heterocycles. The van der Waals surface area contributed by atoms with Gasteiger partial charge in [-0.25, -0.2) is 9.97 Å². The van der Waals surface area contributed by atoms with Gasteiger partial charge in [-0.1, -0.05) is 6.07 Å². The number of rotatable bonds is 5. The largest absolute Gasteiger partial charge is 0.493 e. The molecule has 0 spiro atoms. The summed E-state index contributed by atoms with van der Waals surface area (Å²) in [5, 5.41) is 3.34. The van der Waals surface area contributed by atoms with Crippen LogP contribution in [0.15, 0.2) is 30.6 Å². The highest BCUT2D eigenvalue weighted by molar-refractivity contribution is 5.44. The van der Waals surface area contributed by atoms with Crippen LogP contribution in [0.2, 0.25) is 0 Å². The number of nitrogens with one attached hydrogen (secondary N) is 1. The number of anilines is 1. The van der Waals surface area contributed by atoms with Crippen molar-refractivity contribution >= 4 is 5.95 Å². The number of nitrogens with two attached hydrogens (primary N) is 1. The third kappa shape index (κ3) is 5.15. The summed E-state index contributed by atoms with van der Waals surface area (Å²) < 4.78 is 11.8. The Labute approximate surface area is 178 Å². The molecule has 30 heavy (non-hydrogen) atoms. The molecular weight excluding hydrogens is 376 g/mol. The summed E-state index contributed by atoms with van der Waals surface area (Å²) in [6, 6.07) is 9.92. The second-order valence-corrected chi connectivity index (χ2v) is 8.21. The maximum absolute atomic E-state index is 6.28. The van der Waals surface area contributed by atoms with Crippen LogP contribution in [0.3, 0.4) is 0 Å². The molecule has 158 valence electrons. The van der Waals surface area contributed by atoms with Gasteiger partial charge in [-0.15, -0.1) is 0 Å². The number of benzene rings is 1. The third-order valence-corrected chi connectivity index (χ3v) is 6.14. The third-order valence-electron chi connectivity index (χ3n) is 6.14. The molecule has 4 rings (SSSR count). The van der Waals surface area contributed by atoms with Crippen LogP contribution in [0.25, 0.3) is 0 Å². The van der Waals surface area contributed by atoms with Gasteiger partial charge in [-0.2, -0.15) is 0 Å². The van der Waals surface area contributed by atoms with Gasteiger partial charge >= 0.3 is 0 Å². The van der Waals surface area contributed by atoms with Crippen molar-refractivity contribution in [1.82, 2.24) is 15.3 Å². The summed E-state index contributed by atoms with van der Waals surface area (Å²) in [4.78, 5) is 7.91. The van der Waals surface area contributed by atoms with Crippen molar-refractivity contribution in [3.8, 4) is 23.5 Å². The standard InChI is InChI=1S/C24H30N4O2/c1-29-22-11-8-19(14-23(22)30-21-4-2-3-5-21)18-6-9-20(10-7-18)26-13-12-17-15-27-24(25)28-16-17/h8,11,14-16,18,20-21,26H,2-7,9-10H2,1H3,(H2,25,27,28). The fourth-order valence-electron chi connectivity index (χ4n) is 4.41. The van der Waals surface area contributed by atoms with E-state index in [2.05, 4.69) is 45.4 Å². The Morgan fingerprint density at radius 2 is 1.73 bits per heavy atom. The molecule has 2 aromatic rings. The van der Waals surface area contributed by atoms with Gasteiger partial charge in [0.1, 0.15) is 0 Å². The summed E-state index contributed by atoms with van der Waals surface area (Å²) in [6.07, 6.45) is 12.9. The van der Waals surface area contributed by atoms with E-state index in [-0.39, 0.29) is 5.95 Å². The average molecular weight is 407 g/mol. The minimum absolute atomic E-state index is 0.266. The minimum Gasteiger partial charge on any atom is -0.493 e. The first-order valence-corrected chi connectivity index (χ1v) is 10.9. The van der Waals surface area contributed by atoms with Crippen LogP contribution in [0.5, 0.6) is 11.5 Å². The monoisotopic (exact) mass is 406 g/mol. The first kappa shape index (κ1) is 20.3. The maximum atomic E-state index is 6.28. The Kier molecular flexibility index (Phi) is 6.58. The minimum atomic E-state index is 0.266. The van der Waals surface area contributed by atoms with Crippen molar-refractivity contribution in [1.29, 1.82) is 0 Å². The number of nitrogen functional groups attached to an aromatic ring is 1. The van der Waals surface area contributed by atoms with Crippen molar-refractivity contribution in [2.24, 2.45) is 0 Å². The van der Waals surface area contributed by atoms with Crippen LogP contribution < -0.4 is 20.5 Å². The van der Waals surface area contributed by atoms with E-state index >= 15 is 0 Å². The summed E-state index contributed by atoms with van der Waals surface area (Å²) in [7, 11) is 1.71. The molecule has 1 aromatic heterocycles. The SMILES string of the molecule is COc1ccc(C2CCC(NC#Cc3cnc(N)nc3)CC2)cc1OC1CCCC1. The van der Waals surface area contributed by atoms with E-state index in [4.69, 9.17) is 15.2 Å². The fourth-order valence-corrected chi connectivity index (χ4v) is 4.41. The molecule has 2 fully saturated rings. The Hall–Kier alpha value is -2.94. The molecule has 2 aliphatic rings. The first-order chi connectivity index (χ1) is 14.7. The van der Waals surface area contributed by atoms with Crippen molar-refractivity contribution in [2.75, 3.05) is 12.8 Å². The molecule has 0 unspecified atom stereocenters. The molecule has 3 N–H and O–H groups in total. The average Bonchev–Trinajstić information content (AvgIpc) is 3.29. The molecule has 0 amide bonds. The van der Waals surface area contributed by atoms with Crippen LogP contribution in [0.4, 0.5) is 5.95 Å². The molecule has 6 heteroatoms. The van der Waals surface area contributed by atoms with Crippen molar-refractivity contribution in [3.05, 3.63) is 41.7 Å². The molecule has 0 atom stereocenters. The number of hydrogen-bond acceptors (Lipinski definition) is 6. The Morgan fingerprint density at radius 1 is 1.00 bits per heavy atom. The summed E-state index contributed by atoms with van der Waals surface area (Å²) in [6.45, 7) is 0. The predicted octanol–water partition coefficient (Wildman–Crippen LogP) is 4.01. The van der Waals surface area contributed by atoms with Gasteiger partial charge < -0.3 is 20.5 Å². The van der Waals surface area contributed by atoms with Crippen molar-refractivity contribution in [2.45, 2.75) is 69.4 Å². The molecule has 0 saturated heterocycles. The lowest BCUT2D eigenvalue weighted by Crippen LogP contribution is -2.29.